The Labute approximate surface area is 97.3 Å². The van der Waals surface area contributed by atoms with Gasteiger partial charge in [0.25, 0.3) is 0 Å². The number of rotatable bonds is 3. The Kier molecular flexibility index (Phi) is 3.85. The Balaban J connectivity index is 1.83. The predicted octanol–water partition coefficient (Wildman–Crippen LogP) is 0.683. The van der Waals surface area contributed by atoms with Gasteiger partial charge in [-0.2, -0.15) is 0 Å². The highest BCUT2D eigenvalue weighted by atomic mass is 16.6. The normalized spacial score (nSPS) is 32.8. The largest absolute Gasteiger partial charge is 0.391 e. The first kappa shape index (κ1) is 12.3. The third kappa shape index (κ3) is 2.74. The second kappa shape index (κ2) is 5.00. The summed E-state index contributed by atoms with van der Waals surface area (Å²) >= 11 is 0. The lowest BCUT2D eigenvalue weighted by Gasteiger charge is -2.33. The van der Waals surface area contributed by atoms with Gasteiger partial charge in [-0.3, -0.25) is 0 Å². The van der Waals surface area contributed by atoms with Crippen LogP contribution in [0.1, 0.15) is 33.1 Å². The maximum atomic E-state index is 9.41. The van der Waals surface area contributed by atoms with E-state index in [4.69, 9.17) is 9.47 Å². The summed E-state index contributed by atoms with van der Waals surface area (Å²) in [5.74, 6) is 0. The van der Waals surface area contributed by atoms with Crippen LogP contribution in [0.5, 0.6) is 0 Å². The molecule has 2 fully saturated rings. The second-order valence-corrected chi connectivity index (χ2v) is 5.15. The van der Waals surface area contributed by atoms with Gasteiger partial charge in [-0.15, -0.1) is 0 Å². The van der Waals surface area contributed by atoms with E-state index in [9.17, 15) is 5.11 Å². The molecule has 4 nitrogen and oxygen atoms in total. The van der Waals surface area contributed by atoms with Crippen molar-refractivity contribution in [3.05, 3.63) is 0 Å². The van der Waals surface area contributed by atoms with Crippen molar-refractivity contribution in [3.8, 4) is 0 Å². The van der Waals surface area contributed by atoms with Gasteiger partial charge >= 0.3 is 0 Å². The van der Waals surface area contributed by atoms with E-state index in [2.05, 4.69) is 5.32 Å². The molecule has 16 heavy (non-hydrogen) atoms. The monoisotopic (exact) mass is 229 g/mol. The van der Waals surface area contributed by atoms with Gasteiger partial charge in [0.05, 0.1) is 30.5 Å². The smallest absolute Gasteiger partial charge is 0.0841 e. The third-order valence-electron chi connectivity index (χ3n) is 3.78. The molecule has 94 valence electrons. The van der Waals surface area contributed by atoms with Crippen LogP contribution in [0.2, 0.25) is 0 Å². The molecule has 4 heteroatoms. The number of hydrogen-bond acceptors (Lipinski definition) is 4. The van der Waals surface area contributed by atoms with Crippen molar-refractivity contribution in [2.45, 2.75) is 57.0 Å². The predicted molar refractivity (Wildman–Crippen MR) is 61.4 cm³/mol. The van der Waals surface area contributed by atoms with Gasteiger partial charge in [-0.1, -0.05) is 0 Å². The van der Waals surface area contributed by atoms with E-state index in [1.165, 1.54) is 0 Å². The minimum absolute atomic E-state index is 0.0499. The summed E-state index contributed by atoms with van der Waals surface area (Å²) in [6.07, 6.45) is 2.77. The summed E-state index contributed by atoms with van der Waals surface area (Å²) < 4.78 is 11.7. The molecule has 2 aliphatic heterocycles. The van der Waals surface area contributed by atoms with Crippen LogP contribution in [0.25, 0.3) is 0 Å². The Morgan fingerprint density at radius 1 is 1.38 bits per heavy atom. The fraction of sp³-hybridized carbons (Fsp3) is 1.00. The molecule has 1 spiro atoms. The second-order valence-electron chi connectivity index (χ2n) is 5.15. The molecule has 0 bridgehead atoms. The number of ether oxygens (including phenoxy) is 2. The van der Waals surface area contributed by atoms with Gasteiger partial charge in [0, 0.05) is 6.42 Å². The zero-order chi connectivity index (χ0) is 11.6. The standard InChI is InChI=1S/C12H23NO3/c1-9(14)10(2)16-11-7-12(15-8-11)3-5-13-6-4-12/h9-11,13-14H,3-8H2,1-2H3. The SMILES string of the molecule is CC(O)C(C)OC1COC2(CCNCC2)C1. The fourth-order valence-corrected chi connectivity index (χ4v) is 2.54. The molecule has 0 aromatic heterocycles. The highest BCUT2D eigenvalue weighted by molar-refractivity contribution is 4.93. The van der Waals surface area contributed by atoms with E-state index >= 15 is 0 Å². The maximum absolute atomic E-state index is 9.41. The van der Waals surface area contributed by atoms with Crippen LogP contribution in [-0.4, -0.2) is 48.7 Å². The summed E-state index contributed by atoms with van der Waals surface area (Å²) in [5, 5.41) is 12.8. The van der Waals surface area contributed by atoms with Crippen LogP contribution in [0.15, 0.2) is 0 Å². The summed E-state index contributed by atoms with van der Waals surface area (Å²) in [4.78, 5) is 0. The molecule has 2 saturated heterocycles. The molecule has 2 rings (SSSR count). The molecule has 0 aromatic rings. The molecule has 0 amide bonds. The molecule has 2 aliphatic rings. The number of aliphatic hydroxyl groups excluding tert-OH is 1. The molecule has 2 heterocycles. The van der Waals surface area contributed by atoms with Crippen LogP contribution < -0.4 is 5.32 Å². The first-order chi connectivity index (χ1) is 7.61. The molecule has 0 saturated carbocycles. The van der Waals surface area contributed by atoms with Crippen molar-refractivity contribution in [1.29, 1.82) is 0 Å². The average molecular weight is 229 g/mol. The minimum Gasteiger partial charge on any atom is -0.391 e. The van der Waals surface area contributed by atoms with Crippen molar-refractivity contribution < 1.29 is 14.6 Å². The topological polar surface area (TPSA) is 50.7 Å². The van der Waals surface area contributed by atoms with Crippen molar-refractivity contribution in [2.24, 2.45) is 0 Å². The Hall–Kier alpha value is -0.160. The van der Waals surface area contributed by atoms with Crippen molar-refractivity contribution in [3.63, 3.8) is 0 Å². The van der Waals surface area contributed by atoms with Gasteiger partial charge in [-0.25, -0.2) is 0 Å². The highest BCUT2D eigenvalue weighted by Crippen LogP contribution is 2.35. The van der Waals surface area contributed by atoms with Crippen LogP contribution in [0, 0.1) is 0 Å². The van der Waals surface area contributed by atoms with Crippen LogP contribution >= 0.6 is 0 Å². The average Bonchev–Trinajstić information content (AvgIpc) is 2.62. The zero-order valence-corrected chi connectivity index (χ0v) is 10.2. The van der Waals surface area contributed by atoms with Gasteiger partial charge in [0.2, 0.25) is 0 Å². The van der Waals surface area contributed by atoms with Crippen molar-refractivity contribution >= 4 is 0 Å². The van der Waals surface area contributed by atoms with E-state index < -0.39 is 6.10 Å². The van der Waals surface area contributed by atoms with Crippen molar-refractivity contribution in [2.75, 3.05) is 19.7 Å². The van der Waals surface area contributed by atoms with Crippen molar-refractivity contribution in [1.82, 2.24) is 5.32 Å². The lowest BCUT2D eigenvalue weighted by Crippen LogP contribution is -2.41. The minimum atomic E-state index is -0.412. The first-order valence-corrected chi connectivity index (χ1v) is 6.29. The molecule has 3 unspecified atom stereocenters. The third-order valence-corrected chi connectivity index (χ3v) is 3.78. The number of piperidine rings is 1. The zero-order valence-electron chi connectivity index (χ0n) is 10.2. The Bertz CT molecular complexity index is 226. The van der Waals surface area contributed by atoms with Gasteiger partial charge < -0.3 is 19.9 Å². The Morgan fingerprint density at radius 2 is 2.06 bits per heavy atom. The number of aliphatic hydroxyl groups is 1. The quantitative estimate of drug-likeness (QED) is 0.747. The summed E-state index contributed by atoms with van der Waals surface area (Å²) in [6.45, 7) is 6.44. The van der Waals surface area contributed by atoms with Crippen LogP contribution in [-0.2, 0) is 9.47 Å². The molecule has 0 aromatic carbocycles. The van der Waals surface area contributed by atoms with E-state index in [0.717, 1.165) is 32.4 Å². The summed E-state index contributed by atoms with van der Waals surface area (Å²) in [6, 6.07) is 0. The van der Waals surface area contributed by atoms with Gasteiger partial charge in [-0.05, 0) is 39.8 Å². The molecular formula is C12H23NO3. The van der Waals surface area contributed by atoms with Gasteiger partial charge in [0.1, 0.15) is 0 Å². The molecule has 0 radical (unpaired) electrons. The lowest BCUT2D eigenvalue weighted by atomic mass is 9.89. The number of hydrogen-bond donors (Lipinski definition) is 2. The van der Waals surface area contributed by atoms with Crippen LogP contribution in [0.4, 0.5) is 0 Å². The summed E-state index contributed by atoms with van der Waals surface area (Å²) in [7, 11) is 0. The molecular weight excluding hydrogens is 206 g/mol. The summed E-state index contributed by atoms with van der Waals surface area (Å²) in [5.41, 5.74) is 0.0499. The van der Waals surface area contributed by atoms with E-state index in [0.29, 0.717) is 6.61 Å². The molecule has 2 N–H and O–H groups in total. The van der Waals surface area contributed by atoms with E-state index in [1.807, 2.05) is 6.92 Å². The van der Waals surface area contributed by atoms with E-state index in [1.54, 1.807) is 6.92 Å². The molecule has 3 atom stereocenters. The Morgan fingerprint density at radius 3 is 2.69 bits per heavy atom. The molecule has 0 aliphatic carbocycles. The maximum Gasteiger partial charge on any atom is 0.0841 e. The van der Waals surface area contributed by atoms with E-state index in [-0.39, 0.29) is 17.8 Å². The fourth-order valence-electron chi connectivity index (χ4n) is 2.54. The number of nitrogens with one attached hydrogen (secondary N) is 1. The lowest BCUT2D eigenvalue weighted by molar-refractivity contribution is -0.0636. The first-order valence-electron chi connectivity index (χ1n) is 6.29. The van der Waals surface area contributed by atoms with Crippen LogP contribution in [0.3, 0.4) is 0 Å². The highest BCUT2D eigenvalue weighted by Gasteiger charge is 2.42. The van der Waals surface area contributed by atoms with Gasteiger partial charge in [0.15, 0.2) is 0 Å².